The van der Waals surface area contributed by atoms with Crippen molar-refractivity contribution in [3.8, 4) is 0 Å². The van der Waals surface area contributed by atoms with E-state index in [1.165, 1.54) is 80.6 Å². The van der Waals surface area contributed by atoms with Crippen LogP contribution in [0.2, 0.25) is 0 Å². The lowest BCUT2D eigenvalue weighted by Gasteiger charge is -2.14. The van der Waals surface area contributed by atoms with E-state index in [2.05, 4.69) is 203 Å². The summed E-state index contributed by atoms with van der Waals surface area (Å²) in [6.45, 7) is 8.22. The number of hydrogen-bond acceptors (Lipinski definition) is 0. The molecule has 7 rings (SSSR count). The van der Waals surface area contributed by atoms with Gasteiger partial charge in [-0.25, -0.2) is 18.3 Å². The van der Waals surface area contributed by atoms with Crippen LogP contribution in [-0.2, 0) is 26.2 Å². The van der Waals surface area contributed by atoms with Gasteiger partial charge in [0, 0.05) is 72.5 Å². The number of aryl methyl sites for hydroxylation is 2. The number of rotatable bonds is 14. The normalized spacial score (nSPS) is 10.9. The fourth-order valence-corrected chi connectivity index (χ4v) is 6.91. The molecule has 0 amide bonds. The number of nitrogens with zero attached hydrogens (tertiary/aromatic N) is 4. The Morgan fingerprint density at radius 3 is 0.857 bits per heavy atom. The van der Waals surface area contributed by atoms with Crippen molar-refractivity contribution >= 4 is 45.8 Å². The molecular formula is C48H50Br4N4. The van der Waals surface area contributed by atoms with Gasteiger partial charge in [0.15, 0.2) is 62.7 Å². The average molecular weight is 1000 g/mol. The maximum Gasteiger partial charge on any atom is 0.175 e. The molecule has 0 spiro atoms. The van der Waals surface area contributed by atoms with Crippen molar-refractivity contribution in [2.45, 2.75) is 65.7 Å². The van der Waals surface area contributed by atoms with Crippen LogP contribution in [0.3, 0.4) is 0 Å². The molecule has 0 saturated heterocycles. The van der Waals surface area contributed by atoms with Crippen molar-refractivity contribution in [1.82, 2.24) is 0 Å². The molecule has 3 aromatic carbocycles. The predicted octanol–water partition coefficient (Wildman–Crippen LogP) is -2.80. The summed E-state index contributed by atoms with van der Waals surface area (Å²) in [5, 5.41) is 5.25. The molecular weight excluding hydrogens is 952 g/mol. The number of benzene rings is 3. The quantitative estimate of drug-likeness (QED) is 0.0829. The third kappa shape index (κ3) is 12.1. The van der Waals surface area contributed by atoms with Gasteiger partial charge in [0.05, 0.1) is 0 Å². The molecule has 4 aromatic heterocycles. The molecule has 0 aliphatic carbocycles. The van der Waals surface area contributed by atoms with E-state index in [-0.39, 0.29) is 67.9 Å². The van der Waals surface area contributed by atoms with E-state index in [0.29, 0.717) is 0 Å². The minimum atomic E-state index is 0. The maximum atomic E-state index is 2.30. The lowest BCUT2D eigenvalue weighted by atomic mass is 9.91. The molecule has 4 heterocycles. The van der Waals surface area contributed by atoms with Crippen LogP contribution in [0.5, 0.6) is 0 Å². The van der Waals surface area contributed by atoms with Gasteiger partial charge >= 0.3 is 0 Å². The van der Waals surface area contributed by atoms with Crippen molar-refractivity contribution in [2.24, 2.45) is 0 Å². The van der Waals surface area contributed by atoms with Gasteiger partial charge in [0.25, 0.3) is 0 Å². The van der Waals surface area contributed by atoms with Gasteiger partial charge in [-0.05, 0) is 43.8 Å². The average Bonchev–Trinajstić information content (AvgIpc) is 3.20. The van der Waals surface area contributed by atoms with Crippen LogP contribution in [-0.4, -0.2) is 0 Å². The third-order valence-electron chi connectivity index (χ3n) is 9.98. The van der Waals surface area contributed by atoms with E-state index < -0.39 is 0 Å². The van der Waals surface area contributed by atoms with E-state index in [0.717, 1.165) is 26.2 Å². The molecule has 8 heteroatoms. The van der Waals surface area contributed by atoms with Crippen LogP contribution in [0.1, 0.15) is 72.9 Å². The Bertz CT molecular complexity index is 2080. The van der Waals surface area contributed by atoms with E-state index in [1.807, 2.05) is 0 Å². The molecule has 290 valence electrons. The van der Waals surface area contributed by atoms with Crippen molar-refractivity contribution in [3.05, 3.63) is 180 Å². The molecule has 0 radical (unpaired) electrons. The summed E-state index contributed by atoms with van der Waals surface area (Å²) >= 11 is 0. The van der Waals surface area contributed by atoms with E-state index in [9.17, 15) is 0 Å². The van der Waals surface area contributed by atoms with Gasteiger partial charge in [-0.1, -0.05) is 99.5 Å². The highest BCUT2D eigenvalue weighted by molar-refractivity contribution is 6.05. The number of hydrogen-bond donors (Lipinski definition) is 0. The van der Waals surface area contributed by atoms with Gasteiger partial charge in [0.2, 0.25) is 0 Å². The first kappa shape index (κ1) is 46.6. The number of halogens is 4. The lowest BCUT2D eigenvalue weighted by molar-refractivity contribution is -0.697. The summed E-state index contributed by atoms with van der Waals surface area (Å²) < 4.78 is 9.11. The Hall–Kier alpha value is -3.82. The summed E-state index contributed by atoms with van der Waals surface area (Å²) in [7, 11) is 0. The second-order valence-electron chi connectivity index (χ2n) is 13.8. The van der Waals surface area contributed by atoms with Crippen LogP contribution in [0.25, 0.3) is 45.8 Å². The Kier molecular flexibility index (Phi) is 19.5. The minimum Gasteiger partial charge on any atom is -1.00 e. The fraction of sp³-hybridized carbons (Fsp3) is 0.208. The van der Waals surface area contributed by atoms with E-state index >= 15 is 0 Å². The molecule has 0 N–H and O–H groups in total. The zero-order chi connectivity index (χ0) is 35.5. The summed E-state index contributed by atoms with van der Waals surface area (Å²) in [6.07, 6.45) is 31.1. The number of pyridine rings is 4. The molecule has 0 saturated carbocycles. The smallest absolute Gasteiger partial charge is 0.175 e. The zero-order valence-electron chi connectivity index (χ0n) is 32.1. The molecule has 4 nitrogen and oxygen atoms in total. The van der Waals surface area contributed by atoms with Gasteiger partial charge in [-0.2, -0.15) is 0 Å². The number of fused-ring (bicyclic) bond motifs is 2. The molecule has 0 atom stereocenters. The number of unbranched alkanes of at least 4 members (excludes halogenated alkanes) is 2. The van der Waals surface area contributed by atoms with Crippen LogP contribution in [0, 0.1) is 0 Å². The summed E-state index contributed by atoms with van der Waals surface area (Å²) in [5.74, 6) is 0. The monoisotopic (exact) mass is 998 g/mol. The Morgan fingerprint density at radius 1 is 0.357 bits per heavy atom. The van der Waals surface area contributed by atoms with E-state index in [1.54, 1.807) is 0 Å². The van der Waals surface area contributed by atoms with Crippen molar-refractivity contribution < 1.29 is 86.2 Å². The highest BCUT2D eigenvalue weighted by atomic mass is 79.9. The standard InChI is InChI=1S/C48H50N4.4BrH/c1-3-5-27-49-29-19-39(20-30-49)15-17-41-23-33-51(34-24-41)37-47-43-11-7-9-13-45(43)48(46-14-10-8-12-44(46)47)38-52-35-25-42(26-36-52)18-16-40-21-31-50(32-22-40)28-6-4-2;;;;/h7-26,29-36H,3-6,27-28,37-38H2,1-2H3;4*1H/q+4;;;;/p-4/b17-15+,18-16+;;;;. The summed E-state index contributed by atoms with van der Waals surface area (Å²) in [6, 6.07) is 35.4. The second kappa shape index (κ2) is 23.4. The summed E-state index contributed by atoms with van der Waals surface area (Å²) in [5.41, 5.74) is 7.52. The lowest BCUT2D eigenvalue weighted by Crippen LogP contribution is -3.00. The van der Waals surface area contributed by atoms with Crippen LogP contribution in [0.4, 0.5) is 0 Å². The largest absolute Gasteiger partial charge is 1.00 e. The van der Waals surface area contributed by atoms with Gasteiger partial charge < -0.3 is 67.9 Å². The van der Waals surface area contributed by atoms with Gasteiger partial charge in [-0.3, -0.25) is 0 Å². The molecule has 0 aliphatic rings. The highest BCUT2D eigenvalue weighted by Gasteiger charge is 2.19. The van der Waals surface area contributed by atoms with Crippen LogP contribution in [0.15, 0.2) is 147 Å². The predicted molar refractivity (Wildman–Crippen MR) is 214 cm³/mol. The van der Waals surface area contributed by atoms with Crippen molar-refractivity contribution in [1.29, 1.82) is 0 Å². The first-order chi connectivity index (χ1) is 25.7. The molecule has 0 unspecified atom stereocenters. The topological polar surface area (TPSA) is 15.5 Å². The third-order valence-corrected chi connectivity index (χ3v) is 9.98. The van der Waals surface area contributed by atoms with Crippen molar-refractivity contribution in [3.63, 3.8) is 0 Å². The van der Waals surface area contributed by atoms with Gasteiger partial charge in [0.1, 0.15) is 13.1 Å². The Morgan fingerprint density at radius 2 is 0.607 bits per heavy atom. The first-order valence-electron chi connectivity index (χ1n) is 18.9. The Labute approximate surface area is 375 Å². The molecule has 56 heavy (non-hydrogen) atoms. The first-order valence-corrected chi connectivity index (χ1v) is 18.9. The Balaban J connectivity index is 0.00000210. The molecule has 0 bridgehead atoms. The van der Waals surface area contributed by atoms with Crippen LogP contribution < -0.4 is 86.2 Å². The molecule has 0 fully saturated rings. The summed E-state index contributed by atoms with van der Waals surface area (Å²) in [4.78, 5) is 0. The fourth-order valence-electron chi connectivity index (χ4n) is 6.91. The van der Waals surface area contributed by atoms with E-state index in [4.69, 9.17) is 0 Å². The zero-order valence-corrected chi connectivity index (χ0v) is 38.5. The second-order valence-corrected chi connectivity index (χ2v) is 13.8. The maximum absolute atomic E-state index is 2.30. The SMILES string of the molecule is CCCC[n+]1ccc(/C=C/c2cc[n+](Cc3c4ccccc4c(C[n+]4ccc(/C=C/c5cc[n+](CCCC)cc5)cc4)c4ccccc34)cc2)cc1.[Br-].[Br-].[Br-].[Br-]. The van der Waals surface area contributed by atoms with Crippen molar-refractivity contribution in [2.75, 3.05) is 0 Å². The van der Waals surface area contributed by atoms with Crippen LogP contribution >= 0.6 is 0 Å². The molecule has 7 aromatic rings. The molecule has 0 aliphatic heterocycles. The highest BCUT2D eigenvalue weighted by Crippen LogP contribution is 2.33. The van der Waals surface area contributed by atoms with Gasteiger partial charge in [-0.15, -0.1) is 0 Å². The number of aromatic nitrogens is 4. The minimum absolute atomic E-state index is 0.